The van der Waals surface area contributed by atoms with Crippen LogP contribution in [0.4, 0.5) is 0 Å². The van der Waals surface area contributed by atoms with E-state index in [-0.39, 0.29) is 0 Å². The monoisotopic (exact) mass is 233 g/mol. The zero-order valence-corrected chi connectivity index (χ0v) is 11.1. The van der Waals surface area contributed by atoms with E-state index in [1.807, 2.05) is 0 Å². The van der Waals surface area contributed by atoms with E-state index in [2.05, 4.69) is 37.4 Å². The van der Waals surface area contributed by atoms with Crippen molar-refractivity contribution in [3.8, 4) is 5.75 Å². The highest BCUT2D eigenvalue weighted by molar-refractivity contribution is 5.39. The standard InChI is InChI=1S/C15H23NO/c1-11-4-7-15(17-3)14(10-11)12(2)8-9-16-13-5-6-13/h4,7,10,12-13,16H,5-6,8-9H2,1-3H3. The molecule has 1 aliphatic rings. The van der Waals surface area contributed by atoms with Crippen molar-refractivity contribution in [3.05, 3.63) is 29.3 Å². The second-order valence-corrected chi connectivity index (χ2v) is 5.16. The molecule has 94 valence electrons. The van der Waals surface area contributed by atoms with Gasteiger partial charge in [-0.25, -0.2) is 0 Å². The first kappa shape index (κ1) is 12.4. The number of ether oxygens (including phenoxy) is 1. The van der Waals surface area contributed by atoms with Crippen LogP contribution < -0.4 is 10.1 Å². The van der Waals surface area contributed by atoms with Gasteiger partial charge in [0.1, 0.15) is 5.75 Å². The molecular weight excluding hydrogens is 210 g/mol. The molecule has 17 heavy (non-hydrogen) atoms. The van der Waals surface area contributed by atoms with Crippen molar-refractivity contribution in [1.82, 2.24) is 5.32 Å². The Balaban J connectivity index is 1.95. The van der Waals surface area contributed by atoms with E-state index in [1.54, 1.807) is 7.11 Å². The Kier molecular flexibility index (Phi) is 4.06. The van der Waals surface area contributed by atoms with Crippen molar-refractivity contribution >= 4 is 0 Å². The molecule has 2 rings (SSSR count). The van der Waals surface area contributed by atoms with Gasteiger partial charge in [0.25, 0.3) is 0 Å². The van der Waals surface area contributed by atoms with Gasteiger partial charge in [0.2, 0.25) is 0 Å². The van der Waals surface area contributed by atoms with E-state index >= 15 is 0 Å². The zero-order valence-electron chi connectivity index (χ0n) is 11.1. The quantitative estimate of drug-likeness (QED) is 0.814. The van der Waals surface area contributed by atoms with Gasteiger partial charge in [-0.05, 0) is 50.3 Å². The van der Waals surface area contributed by atoms with E-state index in [9.17, 15) is 0 Å². The van der Waals surface area contributed by atoms with Crippen molar-refractivity contribution in [2.75, 3.05) is 13.7 Å². The Hall–Kier alpha value is -1.02. The first-order valence-electron chi connectivity index (χ1n) is 6.58. The highest BCUT2D eigenvalue weighted by atomic mass is 16.5. The Labute approximate surface area is 104 Å². The van der Waals surface area contributed by atoms with E-state index in [0.717, 1.165) is 18.3 Å². The Bertz CT molecular complexity index is 371. The zero-order chi connectivity index (χ0) is 12.3. The average Bonchev–Trinajstić information content (AvgIpc) is 3.13. The summed E-state index contributed by atoms with van der Waals surface area (Å²) in [5.41, 5.74) is 2.65. The van der Waals surface area contributed by atoms with Crippen LogP contribution in [-0.2, 0) is 0 Å². The van der Waals surface area contributed by atoms with Crippen LogP contribution in [0.5, 0.6) is 5.75 Å². The number of methoxy groups -OCH3 is 1. The molecule has 0 heterocycles. The van der Waals surface area contributed by atoms with Crippen LogP contribution in [0.3, 0.4) is 0 Å². The summed E-state index contributed by atoms with van der Waals surface area (Å²) < 4.78 is 5.44. The van der Waals surface area contributed by atoms with Gasteiger partial charge in [-0.2, -0.15) is 0 Å². The van der Waals surface area contributed by atoms with Gasteiger partial charge < -0.3 is 10.1 Å². The minimum atomic E-state index is 0.552. The van der Waals surface area contributed by atoms with Crippen molar-refractivity contribution < 1.29 is 4.74 Å². The summed E-state index contributed by atoms with van der Waals surface area (Å²) in [5.74, 6) is 1.57. The fourth-order valence-electron chi connectivity index (χ4n) is 2.19. The predicted molar refractivity (Wildman–Crippen MR) is 71.8 cm³/mol. The summed E-state index contributed by atoms with van der Waals surface area (Å²) in [7, 11) is 1.75. The third-order valence-corrected chi connectivity index (χ3v) is 3.50. The smallest absolute Gasteiger partial charge is 0.122 e. The number of benzene rings is 1. The van der Waals surface area contributed by atoms with Crippen molar-refractivity contribution in [2.45, 2.75) is 45.1 Å². The van der Waals surface area contributed by atoms with Gasteiger partial charge in [-0.1, -0.05) is 24.6 Å². The van der Waals surface area contributed by atoms with Crippen molar-refractivity contribution in [3.63, 3.8) is 0 Å². The number of hydrogen-bond acceptors (Lipinski definition) is 2. The number of hydrogen-bond donors (Lipinski definition) is 1. The molecule has 0 aliphatic heterocycles. The molecule has 2 heteroatoms. The molecule has 1 atom stereocenters. The second kappa shape index (κ2) is 5.54. The first-order valence-corrected chi connectivity index (χ1v) is 6.58. The number of aryl methyl sites for hydroxylation is 1. The summed E-state index contributed by atoms with van der Waals surface area (Å²) in [6.07, 6.45) is 3.90. The number of nitrogens with one attached hydrogen (secondary N) is 1. The largest absolute Gasteiger partial charge is 0.496 e. The molecule has 0 saturated heterocycles. The molecule has 1 aliphatic carbocycles. The summed E-state index contributed by atoms with van der Waals surface area (Å²) in [5, 5.41) is 3.57. The van der Waals surface area contributed by atoms with Gasteiger partial charge in [-0.15, -0.1) is 0 Å². The molecule has 0 bridgehead atoms. The molecule has 2 nitrogen and oxygen atoms in total. The SMILES string of the molecule is COc1ccc(C)cc1C(C)CCNC1CC1. The van der Waals surface area contributed by atoms with Crippen LogP contribution in [0, 0.1) is 6.92 Å². The van der Waals surface area contributed by atoms with Crippen LogP contribution >= 0.6 is 0 Å². The van der Waals surface area contributed by atoms with Gasteiger partial charge >= 0.3 is 0 Å². The molecule has 1 saturated carbocycles. The highest BCUT2D eigenvalue weighted by Crippen LogP contribution is 2.29. The Morgan fingerprint density at radius 3 is 2.82 bits per heavy atom. The molecule has 0 aromatic heterocycles. The molecule has 1 aromatic rings. The molecule has 0 amide bonds. The van der Waals surface area contributed by atoms with Crippen LogP contribution in [-0.4, -0.2) is 19.7 Å². The first-order chi connectivity index (χ1) is 8.20. The van der Waals surface area contributed by atoms with E-state index in [0.29, 0.717) is 5.92 Å². The van der Waals surface area contributed by atoms with Gasteiger partial charge in [0.05, 0.1) is 7.11 Å². The van der Waals surface area contributed by atoms with Crippen molar-refractivity contribution in [2.24, 2.45) is 0 Å². The lowest BCUT2D eigenvalue weighted by Crippen LogP contribution is -2.19. The summed E-state index contributed by atoms with van der Waals surface area (Å²) in [6, 6.07) is 7.25. The van der Waals surface area contributed by atoms with Gasteiger partial charge in [-0.3, -0.25) is 0 Å². The fourth-order valence-corrected chi connectivity index (χ4v) is 2.19. The van der Waals surface area contributed by atoms with Crippen molar-refractivity contribution in [1.29, 1.82) is 0 Å². The molecule has 1 aromatic carbocycles. The summed E-state index contributed by atoms with van der Waals surface area (Å²) >= 11 is 0. The van der Waals surface area contributed by atoms with Gasteiger partial charge in [0, 0.05) is 6.04 Å². The van der Waals surface area contributed by atoms with Crippen LogP contribution in [0.25, 0.3) is 0 Å². The lowest BCUT2D eigenvalue weighted by molar-refractivity contribution is 0.404. The minimum absolute atomic E-state index is 0.552. The molecular formula is C15H23NO. The minimum Gasteiger partial charge on any atom is -0.496 e. The molecule has 1 fully saturated rings. The highest BCUT2D eigenvalue weighted by Gasteiger charge is 2.20. The molecule has 0 radical (unpaired) electrons. The lowest BCUT2D eigenvalue weighted by atomic mass is 9.95. The van der Waals surface area contributed by atoms with E-state index in [4.69, 9.17) is 4.74 Å². The lowest BCUT2D eigenvalue weighted by Gasteiger charge is -2.16. The maximum Gasteiger partial charge on any atom is 0.122 e. The average molecular weight is 233 g/mol. The molecule has 1 unspecified atom stereocenters. The van der Waals surface area contributed by atoms with E-state index < -0.39 is 0 Å². The van der Waals surface area contributed by atoms with Crippen LogP contribution in [0.15, 0.2) is 18.2 Å². The maximum atomic E-state index is 5.44. The maximum absolute atomic E-state index is 5.44. The summed E-state index contributed by atoms with van der Waals surface area (Å²) in [4.78, 5) is 0. The number of rotatable bonds is 6. The molecule has 0 spiro atoms. The topological polar surface area (TPSA) is 21.3 Å². The van der Waals surface area contributed by atoms with E-state index in [1.165, 1.54) is 30.4 Å². The third-order valence-electron chi connectivity index (χ3n) is 3.50. The third kappa shape index (κ3) is 3.47. The fraction of sp³-hybridized carbons (Fsp3) is 0.600. The normalized spacial score (nSPS) is 16.9. The molecule has 1 N–H and O–H groups in total. The van der Waals surface area contributed by atoms with Gasteiger partial charge in [0.15, 0.2) is 0 Å². The summed E-state index contributed by atoms with van der Waals surface area (Å²) in [6.45, 7) is 5.53. The predicted octanol–water partition coefficient (Wildman–Crippen LogP) is 3.25. The second-order valence-electron chi connectivity index (χ2n) is 5.16. The van der Waals surface area contributed by atoms with Crippen LogP contribution in [0.1, 0.15) is 43.2 Å². The Morgan fingerprint density at radius 1 is 1.41 bits per heavy atom. The van der Waals surface area contributed by atoms with Crippen LogP contribution in [0.2, 0.25) is 0 Å². The Morgan fingerprint density at radius 2 is 2.18 bits per heavy atom.